The Kier molecular flexibility index (Phi) is 2.08. The van der Waals surface area contributed by atoms with Crippen molar-refractivity contribution in [2.24, 2.45) is 0 Å². The Bertz CT molecular complexity index is 731. The SMILES string of the molecule is Nc1c2ccccc2cc2ccc(C=O)cc12. The van der Waals surface area contributed by atoms with Gasteiger partial charge in [-0.25, -0.2) is 0 Å². The summed E-state index contributed by atoms with van der Waals surface area (Å²) in [4.78, 5) is 10.8. The number of carbonyl (C=O) groups is 1. The molecule has 0 spiro atoms. The predicted octanol–water partition coefficient (Wildman–Crippen LogP) is 3.39. The van der Waals surface area contributed by atoms with Crippen LogP contribution in [0.4, 0.5) is 5.69 Å². The van der Waals surface area contributed by atoms with Crippen molar-refractivity contribution in [2.45, 2.75) is 0 Å². The highest BCUT2D eigenvalue weighted by molar-refractivity contribution is 6.10. The zero-order valence-corrected chi connectivity index (χ0v) is 9.18. The quantitative estimate of drug-likeness (QED) is 0.389. The summed E-state index contributed by atoms with van der Waals surface area (Å²) in [6, 6.07) is 15.7. The Morgan fingerprint density at radius 2 is 1.65 bits per heavy atom. The van der Waals surface area contributed by atoms with Crippen LogP contribution in [0, 0.1) is 0 Å². The molecule has 0 bridgehead atoms. The molecule has 3 rings (SSSR count). The predicted molar refractivity (Wildman–Crippen MR) is 71.3 cm³/mol. The summed E-state index contributed by atoms with van der Waals surface area (Å²) < 4.78 is 0. The number of carbonyl (C=O) groups excluding carboxylic acids is 1. The van der Waals surface area contributed by atoms with Crippen LogP contribution in [0.2, 0.25) is 0 Å². The van der Waals surface area contributed by atoms with E-state index in [0.717, 1.165) is 33.5 Å². The van der Waals surface area contributed by atoms with Gasteiger partial charge in [-0.1, -0.05) is 36.4 Å². The summed E-state index contributed by atoms with van der Waals surface area (Å²) >= 11 is 0. The number of hydrogen-bond acceptors (Lipinski definition) is 2. The molecule has 0 atom stereocenters. The molecule has 2 nitrogen and oxygen atoms in total. The van der Waals surface area contributed by atoms with Gasteiger partial charge in [-0.05, 0) is 22.9 Å². The maximum atomic E-state index is 10.8. The molecule has 3 aromatic carbocycles. The van der Waals surface area contributed by atoms with E-state index in [1.807, 2.05) is 42.5 Å². The minimum Gasteiger partial charge on any atom is -0.398 e. The Morgan fingerprint density at radius 3 is 2.47 bits per heavy atom. The van der Waals surface area contributed by atoms with E-state index in [4.69, 9.17) is 5.73 Å². The van der Waals surface area contributed by atoms with Crippen LogP contribution in [0.1, 0.15) is 10.4 Å². The van der Waals surface area contributed by atoms with Gasteiger partial charge < -0.3 is 5.73 Å². The van der Waals surface area contributed by atoms with Gasteiger partial charge in [0, 0.05) is 22.0 Å². The van der Waals surface area contributed by atoms with E-state index in [-0.39, 0.29) is 0 Å². The molecule has 0 aliphatic carbocycles. The van der Waals surface area contributed by atoms with E-state index in [1.54, 1.807) is 0 Å². The van der Waals surface area contributed by atoms with Crippen molar-refractivity contribution < 1.29 is 4.79 Å². The molecule has 0 heterocycles. The van der Waals surface area contributed by atoms with Gasteiger partial charge in [0.05, 0.1) is 0 Å². The number of benzene rings is 3. The molecular formula is C15H11NO. The Morgan fingerprint density at radius 1 is 0.882 bits per heavy atom. The van der Waals surface area contributed by atoms with E-state index in [0.29, 0.717) is 5.56 Å². The van der Waals surface area contributed by atoms with Crippen LogP contribution in [-0.2, 0) is 0 Å². The molecule has 82 valence electrons. The molecule has 0 fully saturated rings. The van der Waals surface area contributed by atoms with Crippen molar-refractivity contribution in [2.75, 3.05) is 5.73 Å². The lowest BCUT2D eigenvalue weighted by Crippen LogP contribution is -1.91. The molecule has 0 aliphatic heterocycles. The summed E-state index contributed by atoms with van der Waals surface area (Å²) in [6.45, 7) is 0. The largest absolute Gasteiger partial charge is 0.398 e. The average Bonchev–Trinajstić information content (AvgIpc) is 2.39. The van der Waals surface area contributed by atoms with Gasteiger partial charge in [0.1, 0.15) is 6.29 Å². The minimum atomic E-state index is 0.652. The Labute approximate surface area is 98.7 Å². The fourth-order valence-electron chi connectivity index (χ4n) is 2.19. The number of fused-ring (bicyclic) bond motifs is 2. The van der Waals surface area contributed by atoms with Gasteiger partial charge in [-0.2, -0.15) is 0 Å². The molecule has 0 saturated carbocycles. The summed E-state index contributed by atoms with van der Waals surface area (Å²) in [5, 5.41) is 4.15. The molecular weight excluding hydrogens is 210 g/mol. The molecule has 0 unspecified atom stereocenters. The lowest BCUT2D eigenvalue weighted by molar-refractivity contribution is 0.112. The van der Waals surface area contributed by atoms with Gasteiger partial charge in [-0.3, -0.25) is 4.79 Å². The molecule has 0 aliphatic rings. The smallest absolute Gasteiger partial charge is 0.150 e. The van der Waals surface area contributed by atoms with E-state index in [1.165, 1.54) is 0 Å². The fraction of sp³-hybridized carbons (Fsp3) is 0. The van der Waals surface area contributed by atoms with Gasteiger partial charge >= 0.3 is 0 Å². The van der Waals surface area contributed by atoms with Crippen molar-refractivity contribution in [3.05, 3.63) is 54.1 Å². The van der Waals surface area contributed by atoms with Crippen molar-refractivity contribution >= 4 is 33.5 Å². The maximum Gasteiger partial charge on any atom is 0.150 e. The third-order valence-electron chi connectivity index (χ3n) is 3.07. The minimum absolute atomic E-state index is 0.652. The second-order valence-electron chi connectivity index (χ2n) is 4.11. The Balaban J connectivity index is 2.50. The lowest BCUT2D eigenvalue weighted by atomic mass is 10.00. The highest BCUT2D eigenvalue weighted by atomic mass is 16.1. The summed E-state index contributed by atoms with van der Waals surface area (Å²) in [5.41, 5.74) is 7.55. The molecule has 0 radical (unpaired) electrons. The van der Waals surface area contributed by atoms with Crippen LogP contribution in [0.15, 0.2) is 48.5 Å². The van der Waals surface area contributed by atoms with Crippen molar-refractivity contribution in [1.82, 2.24) is 0 Å². The number of aldehydes is 1. The van der Waals surface area contributed by atoms with Crippen molar-refractivity contribution in [3.8, 4) is 0 Å². The Hall–Kier alpha value is -2.35. The first-order chi connectivity index (χ1) is 8.29. The average molecular weight is 221 g/mol. The highest BCUT2D eigenvalue weighted by Gasteiger charge is 2.04. The number of rotatable bonds is 1. The normalized spacial score (nSPS) is 10.8. The summed E-state index contributed by atoms with van der Waals surface area (Å²) in [5.74, 6) is 0. The number of nitrogen functional groups attached to an aromatic ring is 1. The maximum absolute atomic E-state index is 10.8. The zero-order valence-electron chi connectivity index (χ0n) is 9.18. The van der Waals surface area contributed by atoms with Gasteiger partial charge in [0.2, 0.25) is 0 Å². The number of hydrogen-bond donors (Lipinski definition) is 1. The van der Waals surface area contributed by atoms with Crippen molar-refractivity contribution in [3.63, 3.8) is 0 Å². The standard InChI is InChI=1S/C15H11NO/c16-15-13-4-2-1-3-11(13)8-12-6-5-10(9-17)7-14(12)15/h1-9H,16H2. The van der Waals surface area contributed by atoms with E-state index >= 15 is 0 Å². The third kappa shape index (κ3) is 1.46. The lowest BCUT2D eigenvalue weighted by Gasteiger charge is -2.07. The van der Waals surface area contributed by atoms with Crippen LogP contribution in [-0.4, -0.2) is 6.29 Å². The molecule has 3 aromatic rings. The van der Waals surface area contributed by atoms with Gasteiger partial charge in [-0.15, -0.1) is 0 Å². The van der Waals surface area contributed by atoms with E-state index < -0.39 is 0 Å². The van der Waals surface area contributed by atoms with E-state index in [9.17, 15) is 4.79 Å². The first-order valence-electron chi connectivity index (χ1n) is 5.46. The topological polar surface area (TPSA) is 43.1 Å². The second-order valence-corrected chi connectivity index (χ2v) is 4.11. The molecule has 2 N–H and O–H groups in total. The molecule has 0 aromatic heterocycles. The fourth-order valence-corrected chi connectivity index (χ4v) is 2.19. The van der Waals surface area contributed by atoms with Crippen LogP contribution in [0.25, 0.3) is 21.5 Å². The van der Waals surface area contributed by atoms with E-state index in [2.05, 4.69) is 6.07 Å². The number of nitrogens with two attached hydrogens (primary N) is 1. The first-order valence-corrected chi connectivity index (χ1v) is 5.46. The van der Waals surface area contributed by atoms with Gasteiger partial charge in [0.25, 0.3) is 0 Å². The summed E-state index contributed by atoms with van der Waals surface area (Å²) in [6.07, 6.45) is 0.841. The first kappa shape index (κ1) is 9.85. The molecule has 17 heavy (non-hydrogen) atoms. The molecule has 2 heteroatoms. The molecule has 0 amide bonds. The third-order valence-corrected chi connectivity index (χ3v) is 3.07. The molecule has 0 saturated heterocycles. The van der Waals surface area contributed by atoms with Crippen LogP contribution in [0.5, 0.6) is 0 Å². The second kappa shape index (κ2) is 3.59. The monoisotopic (exact) mass is 221 g/mol. The highest BCUT2D eigenvalue weighted by Crippen LogP contribution is 2.30. The summed E-state index contributed by atoms with van der Waals surface area (Å²) in [7, 11) is 0. The van der Waals surface area contributed by atoms with Crippen LogP contribution in [0.3, 0.4) is 0 Å². The zero-order chi connectivity index (χ0) is 11.8. The van der Waals surface area contributed by atoms with Crippen molar-refractivity contribution in [1.29, 1.82) is 0 Å². The number of anilines is 1. The van der Waals surface area contributed by atoms with Gasteiger partial charge in [0.15, 0.2) is 0 Å². The van der Waals surface area contributed by atoms with Crippen LogP contribution >= 0.6 is 0 Å². The van der Waals surface area contributed by atoms with Crippen LogP contribution < -0.4 is 5.73 Å².